The van der Waals surface area contributed by atoms with E-state index >= 15 is 0 Å². The standard InChI is InChI=1S/C25H28N6O2.HI/c1-26-25(29(2)17-19-16-28-31(18-19)20-10-4-3-5-11-20)27-14-8-9-15-30-23(32)21-12-6-7-13-22(21)24(30)33;/h3-7,10-13,16,18H,8-9,14-15,17H2,1-2H3,(H,26,27);1H. The Labute approximate surface area is 216 Å². The summed E-state index contributed by atoms with van der Waals surface area (Å²) < 4.78 is 1.86. The van der Waals surface area contributed by atoms with E-state index in [1.807, 2.05) is 59.4 Å². The lowest BCUT2D eigenvalue weighted by Gasteiger charge is -2.21. The third kappa shape index (κ3) is 5.64. The summed E-state index contributed by atoms with van der Waals surface area (Å²) in [5.74, 6) is 0.383. The van der Waals surface area contributed by atoms with Crippen LogP contribution < -0.4 is 5.32 Å². The number of nitrogens with zero attached hydrogens (tertiary/aromatic N) is 5. The molecule has 0 aliphatic carbocycles. The van der Waals surface area contributed by atoms with Crippen molar-refractivity contribution in [1.29, 1.82) is 0 Å². The van der Waals surface area contributed by atoms with Crippen LogP contribution in [0.3, 0.4) is 0 Å². The highest BCUT2D eigenvalue weighted by Gasteiger charge is 2.34. The number of hydrogen-bond donors (Lipinski definition) is 1. The Balaban J connectivity index is 0.00000324. The molecule has 0 saturated heterocycles. The number of imide groups is 1. The van der Waals surface area contributed by atoms with Crippen molar-refractivity contribution in [1.82, 2.24) is 24.9 Å². The molecule has 34 heavy (non-hydrogen) atoms. The molecule has 4 rings (SSSR count). The van der Waals surface area contributed by atoms with E-state index < -0.39 is 0 Å². The van der Waals surface area contributed by atoms with Crippen molar-refractivity contribution >= 4 is 41.8 Å². The van der Waals surface area contributed by atoms with Crippen molar-refractivity contribution < 1.29 is 9.59 Å². The second-order valence-corrected chi connectivity index (χ2v) is 7.97. The fourth-order valence-electron chi connectivity index (χ4n) is 3.93. The summed E-state index contributed by atoms with van der Waals surface area (Å²) in [6, 6.07) is 17.0. The predicted octanol–water partition coefficient (Wildman–Crippen LogP) is 3.57. The van der Waals surface area contributed by atoms with Crippen molar-refractivity contribution in [2.24, 2.45) is 4.99 Å². The van der Waals surface area contributed by atoms with Gasteiger partial charge >= 0.3 is 0 Å². The Morgan fingerprint density at radius 1 is 1.00 bits per heavy atom. The monoisotopic (exact) mass is 572 g/mol. The van der Waals surface area contributed by atoms with Crippen LogP contribution in [0.1, 0.15) is 39.1 Å². The van der Waals surface area contributed by atoms with E-state index in [0.717, 1.165) is 30.1 Å². The minimum atomic E-state index is -0.199. The number of aliphatic imine (C=N–C) groups is 1. The number of halogens is 1. The third-order valence-electron chi connectivity index (χ3n) is 5.62. The zero-order valence-electron chi connectivity index (χ0n) is 19.3. The Bertz CT molecular complexity index is 1130. The van der Waals surface area contributed by atoms with Crippen molar-refractivity contribution in [2.45, 2.75) is 19.4 Å². The summed E-state index contributed by atoms with van der Waals surface area (Å²) in [5, 5.41) is 7.80. The smallest absolute Gasteiger partial charge is 0.261 e. The Morgan fingerprint density at radius 2 is 1.65 bits per heavy atom. The number of hydrogen-bond acceptors (Lipinski definition) is 4. The van der Waals surface area contributed by atoms with E-state index in [9.17, 15) is 9.59 Å². The summed E-state index contributed by atoms with van der Waals surface area (Å²) in [7, 11) is 3.74. The second kappa shape index (κ2) is 11.8. The lowest BCUT2D eigenvalue weighted by Crippen LogP contribution is -2.39. The van der Waals surface area contributed by atoms with E-state index in [4.69, 9.17) is 0 Å². The van der Waals surface area contributed by atoms with Gasteiger partial charge in [-0.25, -0.2) is 4.68 Å². The normalized spacial score (nSPS) is 13.0. The molecule has 9 heteroatoms. The number of nitrogens with one attached hydrogen (secondary N) is 1. The molecule has 1 aromatic heterocycles. The molecule has 0 saturated carbocycles. The average Bonchev–Trinajstić information content (AvgIpc) is 3.40. The molecule has 0 bridgehead atoms. The van der Waals surface area contributed by atoms with Gasteiger partial charge in [0.2, 0.25) is 0 Å². The van der Waals surface area contributed by atoms with Crippen LogP contribution >= 0.6 is 24.0 Å². The molecule has 178 valence electrons. The summed E-state index contributed by atoms with van der Waals surface area (Å²) >= 11 is 0. The summed E-state index contributed by atoms with van der Waals surface area (Å²) in [5.41, 5.74) is 3.10. The average molecular weight is 572 g/mol. The van der Waals surface area contributed by atoms with Crippen LogP contribution in [0.15, 0.2) is 72.0 Å². The number of carbonyl (C=O) groups is 2. The molecule has 2 aromatic carbocycles. The predicted molar refractivity (Wildman–Crippen MR) is 143 cm³/mol. The van der Waals surface area contributed by atoms with Crippen LogP contribution in [0.2, 0.25) is 0 Å². The molecule has 0 unspecified atom stereocenters. The third-order valence-corrected chi connectivity index (χ3v) is 5.62. The number of fused-ring (bicyclic) bond motifs is 1. The molecule has 0 fully saturated rings. The van der Waals surface area contributed by atoms with Gasteiger partial charge in [0, 0.05) is 45.5 Å². The van der Waals surface area contributed by atoms with Crippen LogP contribution in [-0.2, 0) is 6.54 Å². The van der Waals surface area contributed by atoms with Crippen molar-refractivity contribution in [3.8, 4) is 5.69 Å². The second-order valence-electron chi connectivity index (χ2n) is 7.97. The number of aromatic nitrogens is 2. The van der Waals surface area contributed by atoms with Crippen LogP contribution in [-0.4, -0.2) is 64.5 Å². The van der Waals surface area contributed by atoms with Gasteiger partial charge in [0.05, 0.1) is 23.0 Å². The van der Waals surface area contributed by atoms with E-state index in [1.54, 1.807) is 31.3 Å². The largest absolute Gasteiger partial charge is 0.356 e. The fraction of sp³-hybridized carbons (Fsp3) is 0.280. The number of benzene rings is 2. The van der Waals surface area contributed by atoms with E-state index in [2.05, 4.69) is 15.4 Å². The molecule has 1 N–H and O–H groups in total. The highest BCUT2D eigenvalue weighted by Crippen LogP contribution is 2.22. The maximum Gasteiger partial charge on any atom is 0.261 e. The maximum absolute atomic E-state index is 12.4. The van der Waals surface area contributed by atoms with Crippen LogP contribution in [0, 0.1) is 0 Å². The fourth-order valence-corrected chi connectivity index (χ4v) is 3.93. The van der Waals surface area contributed by atoms with Gasteiger partial charge in [-0.05, 0) is 37.1 Å². The number of guanidine groups is 1. The summed E-state index contributed by atoms with van der Waals surface area (Å²) in [4.78, 5) is 32.6. The van der Waals surface area contributed by atoms with Gasteiger partial charge in [-0.2, -0.15) is 5.10 Å². The molecule has 0 atom stereocenters. The highest BCUT2D eigenvalue weighted by atomic mass is 127. The van der Waals surface area contributed by atoms with Crippen molar-refractivity contribution in [2.75, 3.05) is 27.2 Å². The first kappa shape index (κ1) is 25.4. The molecule has 3 aromatic rings. The van der Waals surface area contributed by atoms with Gasteiger partial charge in [-0.15, -0.1) is 24.0 Å². The first-order valence-corrected chi connectivity index (χ1v) is 11.0. The van der Waals surface area contributed by atoms with Crippen LogP contribution in [0.4, 0.5) is 0 Å². The quantitative estimate of drug-likeness (QED) is 0.147. The van der Waals surface area contributed by atoms with Crippen LogP contribution in [0.5, 0.6) is 0 Å². The molecular weight excluding hydrogens is 543 g/mol. The first-order chi connectivity index (χ1) is 16.1. The maximum atomic E-state index is 12.4. The van der Waals surface area contributed by atoms with Crippen LogP contribution in [0.25, 0.3) is 5.69 Å². The van der Waals surface area contributed by atoms with Gasteiger partial charge < -0.3 is 10.2 Å². The van der Waals surface area contributed by atoms with Gasteiger partial charge in [-0.3, -0.25) is 19.5 Å². The number of rotatable bonds is 8. The van der Waals surface area contributed by atoms with E-state index in [-0.39, 0.29) is 35.8 Å². The Morgan fingerprint density at radius 3 is 2.29 bits per heavy atom. The van der Waals surface area contributed by atoms with Gasteiger partial charge in [-0.1, -0.05) is 30.3 Å². The Kier molecular flexibility index (Phi) is 8.80. The lowest BCUT2D eigenvalue weighted by molar-refractivity contribution is 0.0652. The molecule has 2 heterocycles. The first-order valence-electron chi connectivity index (χ1n) is 11.0. The molecule has 1 aliphatic heterocycles. The number of carbonyl (C=O) groups excluding carboxylic acids is 2. The van der Waals surface area contributed by atoms with Gasteiger partial charge in [0.1, 0.15) is 0 Å². The molecular formula is C25H29IN6O2. The number of amides is 2. The van der Waals surface area contributed by atoms with Gasteiger partial charge in [0.15, 0.2) is 5.96 Å². The molecule has 0 radical (unpaired) electrons. The van der Waals surface area contributed by atoms with Crippen molar-refractivity contribution in [3.05, 3.63) is 83.7 Å². The zero-order valence-corrected chi connectivity index (χ0v) is 21.7. The summed E-state index contributed by atoms with van der Waals surface area (Å²) in [6.07, 6.45) is 5.41. The molecule has 2 amide bonds. The zero-order chi connectivity index (χ0) is 23.2. The Hall–Kier alpha value is -3.21. The van der Waals surface area contributed by atoms with Gasteiger partial charge in [0.25, 0.3) is 11.8 Å². The molecule has 0 spiro atoms. The lowest BCUT2D eigenvalue weighted by atomic mass is 10.1. The minimum absolute atomic E-state index is 0. The summed E-state index contributed by atoms with van der Waals surface area (Å²) in [6.45, 7) is 1.78. The van der Waals surface area contributed by atoms with Crippen molar-refractivity contribution in [3.63, 3.8) is 0 Å². The SMILES string of the molecule is CN=C(NCCCCN1C(=O)c2ccccc2C1=O)N(C)Cc1cnn(-c2ccccc2)c1.I. The number of unbranched alkanes of at least 4 members (excludes halogenated alkanes) is 1. The topological polar surface area (TPSA) is 82.8 Å². The van der Waals surface area contributed by atoms with E-state index in [0.29, 0.717) is 30.8 Å². The minimum Gasteiger partial charge on any atom is -0.356 e. The van der Waals surface area contributed by atoms with E-state index in [1.165, 1.54) is 4.90 Å². The molecule has 1 aliphatic rings. The highest BCUT2D eigenvalue weighted by molar-refractivity contribution is 14.0. The number of para-hydroxylation sites is 1. The molecule has 8 nitrogen and oxygen atoms in total.